The summed E-state index contributed by atoms with van der Waals surface area (Å²) >= 11 is 6.26. The lowest BCUT2D eigenvalue weighted by molar-refractivity contribution is -0.119. The summed E-state index contributed by atoms with van der Waals surface area (Å²) in [4.78, 5) is 16.0. The monoisotopic (exact) mass is 293 g/mol. The van der Waals surface area contributed by atoms with Crippen molar-refractivity contribution >= 4 is 28.5 Å². The number of fused-ring (bicyclic) bond motifs is 1. The Balaban J connectivity index is 2.73. The Hall–Kier alpha value is -1.55. The molecule has 2 rings (SSSR count). The number of imidazole rings is 1. The van der Waals surface area contributed by atoms with Crippen LogP contribution in [0, 0.1) is 6.92 Å². The lowest BCUT2D eigenvalue weighted by atomic mass is 9.99. The minimum absolute atomic E-state index is 0.239. The third kappa shape index (κ3) is 2.66. The standard InChI is InChI=1S/C15H20ClN3O/c1-9-5-6-11-12(7-9)19(14(18-11)10(2)16)15(3,4)8-13(17)20/h5-7,10H,8H2,1-4H3,(H2,17,20). The van der Waals surface area contributed by atoms with Crippen molar-refractivity contribution in [2.24, 2.45) is 5.73 Å². The van der Waals surface area contributed by atoms with Gasteiger partial charge in [-0.1, -0.05) is 6.07 Å². The Kier molecular flexibility index (Phi) is 3.78. The van der Waals surface area contributed by atoms with Crippen LogP contribution < -0.4 is 5.73 Å². The second-order valence-electron chi connectivity index (χ2n) is 5.87. The predicted molar refractivity (Wildman–Crippen MR) is 81.9 cm³/mol. The summed E-state index contributed by atoms with van der Waals surface area (Å²) < 4.78 is 2.04. The van der Waals surface area contributed by atoms with E-state index in [1.807, 2.05) is 44.4 Å². The summed E-state index contributed by atoms with van der Waals surface area (Å²) in [7, 11) is 0. The van der Waals surface area contributed by atoms with Gasteiger partial charge in [-0.2, -0.15) is 0 Å². The topological polar surface area (TPSA) is 60.9 Å². The van der Waals surface area contributed by atoms with E-state index in [2.05, 4.69) is 11.1 Å². The van der Waals surface area contributed by atoms with Crippen molar-refractivity contribution in [1.29, 1.82) is 0 Å². The van der Waals surface area contributed by atoms with Gasteiger partial charge in [0.1, 0.15) is 5.82 Å². The number of rotatable bonds is 4. The summed E-state index contributed by atoms with van der Waals surface area (Å²) in [6.07, 6.45) is 0.239. The van der Waals surface area contributed by atoms with E-state index in [0.29, 0.717) is 0 Å². The van der Waals surface area contributed by atoms with Gasteiger partial charge in [0.15, 0.2) is 0 Å². The predicted octanol–water partition coefficient (Wildman–Crippen LogP) is 3.26. The fourth-order valence-electron chi connectivity index (χ4n) is 2.61. The summed E-state index contributed by atoms with van der Waals surface area (Å²) in [5.41, 5.74) is 7.92. The highest BCUT2D eigenvalue weighted by Crippen LogP contribution is 2.33. The molecule has 0 bridgehead atoms. The largest absolute Gasteiger partial charge is 0.370 e. The average molecular weight is 294 g/mol. The fourth-order valence-corrected chi connectivity index (χ4v) is 2.76. The van der Waals surface area contributed by atoms with Crippen LogP contribution in [0.15, 0.2) is 18.2 Å². The molecule has 2 N–H and O–H groups in total. The number of amides is 1. The molecule has 0 aliphatic rings. The van der Waals surface area contributed by atoms with E-state index in [9.17, 15) is 4.79 Å². The number of carbonyl (C=O) groups excluding carboxylic acids is 1. The number of alkyl halides is 1. The molecule has 0 saturated heterocycles. The lowest BCUT2D eigenvalue weighted by Crippen LogP contribution is -2.33. The number of hydrogen-bond acceptors (Lipinski definition) is 2. The minimum Gasteiger partial charge on any atom is -0.370 e. The van der Waals surface area contributed by atoms with Crippen LogP contribution in [0.1, 0.15) is 44.0 Å². The SMILES string of the molecule is Cc1ccc2nc(C(C)Cl)n(C(C)(C)CC(N)=O)c2c1. The van der Waals surface area contributed by atoms with Crippen molar-refractivity contribution in [1.82, 2.24) is 9.55 Å². The Bertz CT molecular complexity index is 658. The maximum absolute atomic E-state index is 11.3. The van der Waals surface area contributed by atoms with E-state index in [1.54, 1.807) is 0 Å². The molecule has 2 aromatic rings. The molecule has 1 aromatic carbocycles. The minimum atomic E-state index is -0.465. The number of aryl methyl sites for hydroxylation is 1. The van der Waals surface area contributed by atoms with Crippen LogP contribution in [-0.4, -0.2) is 15.5 Å². The Morgan fingerprint density at radius 3 is 2.70 bits per heavy atom. The van der Waals surface area contributed by atoms with Crippen molar-refractivity contribution in [2.75, 3.05) is 0 Å². The van der Waals surface area contributed by atoms with Crippen molar-refractivity contribution in [3.8, 4) is 0 Å². The smallest absolute Gasteiger partial charge is 0.219 e. The number of primary amides is 1. The fraction of sp³-hybridized carbons (Fsp3) is 0.467. The van der Waals surface area contributed by atoms with Crippen LogP contribution in [0.3, 0.4) is 0 Å². The van der Waals surface area contributed by atoms with Gasteiger partial charge in [0.2, 0.25) is 5.91 Å². The average Bonchev–Trinajstić information content (AvgIpc) is 2.66. The molecule has 20 heavy (non-hydrogen) atoms. The summed E-state index contributed by atoms with van der Waals surface area (Å²) in [5.74, 6) is 0.427. The summed E-state index contributed by atoms with van der Waals surface area (Å²) in [6.45, 7) is 7.86. The molecule has 1 unspecified atom stereocenters. The number of carbonyl (C=O) groups is 1. The number of nitrogens with two attached hydrogens (primary N) is 1. The molecule has 5 heteroatoms. The zero-order valence-electron chi connectivity index (χ0n) is 12.3. The van der Waals surface area contributed by atoms with Gasteiger partial charge in [0.25, 0.3) is 0 Å². The van der Waals surface area contributed by atoms with E-state index in [0.717, 1.165) is 22.4 Å². The normalized spacial score (nSPS) is 13.7. The van der Waals surface area contributed by atoms with Crippen molar-refractivity contribution in [3.63, 3.8) is 0 Å². The molecule has 0 radical (unpaired) electrons. The molecule has 1 atom stereocenters. The highest BCUT2D eigenvalue weighted by atomic mass is 35.5. The van der Waals surface area contributed by atoms with Crippen LogP contribution in [0.2, 0.25) is 0 Å². The van der Waals surface area contributed by atoms with Crippen LogP contribution in [0.25, 0.3) is 11.0 Å². The van der Waals surface area contributed by atoms with E-state index in [-0.39, 0.29) is 17.7 Å². The number of benzene rings is 1. The Morgan fingerprint density at radius 1 is 1.50 bits per heavy atom. The molecule has 1 heterocycles. The molecular weight excluding hydrogens is 274 g/mol. The zero-order valence-corrected chi connectivity index (χ0v) is 13.0. The van der Waals surface area contributed by atoms with Crippen LogP contribution in [0.4, 0.5) is 0 Å². The second-order valence-corrected chi connectivity index (χ2v) is 6.52. The first-order chi connectivity index (χ1) is 9.22. The van der Waals surface area contributed by atoms with E-state index in [4.69, 9.17) is 17.3 Å². The zero-order chi connectivity index (χ0) is 15.1. The molecule has 0 saturated carbocycles. The van der Waals surface area contributed by atoms with Crippen molar-refractivity contribution in [2.45, 2.75) is 45.0 Å². The van der Waals surface area contributed by atoms with E-state index in [1.165, 1.54) is 0 Å². The van der Waals surface area contributed by atoms with Gasteiger partial charge >= 0.3 is 0 Å². The van der Waals surface area contributed by atoms with E-state index < -0.39 is 5.54 Å². The lowest BCUT2D eigenvalue weighted by Gasteiger charge is -2.29. The third-order valence-electron chi connectivity index (χ3n) is 3.40. The summed E-state index contributed by atoms with van der Waals surface area (Å²) in [6, 6.07) is 6.06. The quantitative estimate of drug-likeness (QED) is 0.880. The molecule has 4 nitrogen and oxygen atoms in total. The van der Waals surface area contributed by atoms with Gasteiger partial charge in [0, 0.05) is 12.0 Å². The molecule has 0 aliphatic carbocycles. The van der Waals surface area contributed by atoms with Crippen LogP contribution in [-0.2, 0) is 10.3 Å². The molecule has 1 amide bonds. The summed E-state index contributed by atoms with van der Waals surface area (Å²) in [5, 5.41) is -0.241. The maximum atomic E-state index is 11.3. The Labute approximate surface area is 123 Å². The number of aromatic nitrogens is 2. The molecule has 0 aliphatic heterocycles. The molecule has 0 spiro atoms. The van der Waals surface area contributed by atoms with Gasteiger partial charge in [-0.25, -0.2) is 4.98 Å². The van der Waals surface area contributed by atoms with Gasteiger partial charge in [-0.05, 0) is 45.4 Å². The van der Waals surface area contributed by atoms with Crippen molar-refractivity contribution < 1.29 is 4.79 Å². The maximum Gasteiger partial charge on any atom is 0.219 e. The highest BCUT2D eigenvalue weighted by Gasteiger charge is 2.29. The number of halogens is 1. The first-order valence-electron chi connectivity index (χ1n) is 6.64. The highest BCUT2D eigenvalue weighted by molar-refractivity contribution is 6.20. The molecule has 108 valence electrons. The number of hydrogen-bond donors (Lipinski definition) is 1. The first-order valence-corrected chi connectivity index (χ1v) is 7.08. The molecule has 1 aromatic heterocycles. The second kappa shape index (κ2) is 5.09. The van der Waals surface area contributed by atoms with Gasteiger partial charge in [-0.15, -0.1) is 11.6 Å². The Morgan fingerprint density at radius 2 is 2.15 bits per heavy atom. The van der Waals surface area contributed by atoms with Gasteiger partial charge in [0.05, 0.1) is 16.4 Å². The van der Waals surface area contributed by atoms with Crippen LogP contribution in [0.5, 0.6) is 0 Å². The van der Waals surface area contributed by atoms with Crippen LogP contribution >= 0.6 is 11.6 Å². The molecule has 0 fully saturated rings. The molecular formula is C15H20ClN3O. The third-order valence-corrected chi connectivity index (χ3v) is 3.60. The first kappa shape index (κ1) is 14.9. The van der Waals surface area contributed by atoms with Crippen molar-refractivity contribution in [3.05, 3.63) is 29.6 Å². The number of nitrogens with zero attached hydrogens (tertiary/aromatic N) is 2. The van der Waals surface area contributed by atoms with E-state index >= 15 is 0 Å². The van der Waals surface area contributed by atoms with Gasteiger partial charge < -0.3 is 10.3 Å². The van der Waals surface area contributed by atoms with Gasteiger partial charge in [-0.3, -0.25) is 4.79 Å².